The summed E-state index contributed by atoms with van der Waals surface area (Å²) < 4.78 is 2.79. The fraction of sp³-hybridized carbons (Fsp3) is 0.588. The number of likely N-dealkylation sites (tertiary alicyclic amines) is 1. The van der Waals surface area contributed by atoms with Crippen molar-refractivity contribution in [2.75, 3.05) is 13.1 Å². The number of piperidine rings is 1. The van der Waals surface area contributed by atoms with E-state index in [1.54, 1.807) is 11.3 Å². The van der Waals surface area contributed by atoms with E-state index in [0.29, 0.717) is 23.2 Å². The molecule has 0 bridgehead atoms. The second-order valence-corrected chi connectivity index (χ2v) is 8.00. The first-order valence-corrected chi connectivity index (χ1v) is 9.82. The van der Waals surface area contributed by atoms with E-state index in [4.69, 9.17) is 12.2 Å². The van der Waals surface area contributed by atoms with Crippen LogP contribution in [0.2, 0.25) is 0 Å². The largest absolute Gasteiger partial charge is 0.343 e. The molecule has 0 unspecified atom stereocenters. The van der Waals surface area contributed by atoms with Crippen molar-refractivity contribution in [3.8, 4) is 0 Å². The molecular weight excluding hydrogens is 340 g/mol. The Morgan fingerprint density at radius 3 is 2.83 bits per heavy atom. The average Bonchev–Trinajstić information content (AvgIpc) is 3.22. The summed E-state index contributed by atoms with van der Waals surface area (Å²) in [7, 11) is 0. The third-order valence-corrected chi connectivity index (χ3v) is 5.85. The molecule has 2 aromatic heterocycles. The number of aryl methyl sites for hydroxylation is 1. The molecule has 24 heavy (non-hydrogen) atoms. The third kappa shape index (κ3) is 3.78. The lowest BCUT2D eigenvalue weighted by molar-refractivity contribution is -0.132. The maximum atomic E-state index is 12.4. The smallest absolute Gasteiger partial charge is 0.222 e. The van der Waals surface area contributed by atoms with Crippen molar-refractivity contribution in [1.29, 1.82) is 0 Å². The highest BCUT2D eigenvalue weighted by Gasteiger charge is 2.27. The van der Waals surface area contributed by atoms with E-state index in [1.165, 1.54) is 4.88 Å². The van der Waals surface area contributed by atoms with Gasteiger partial charge in [-0.3, -0.25) is 9.89 Å². The zero-order chi connectivity index (χ0) is 17.1. The molecule has 0 spiro atoms. The summed E-state index contributed by atoms with van der Waals surface area (Å²) in [6.07, 6.45) is 3.37. The van der Waals surface area contributed by atoms with Gasteiger partial charge in [-0.2, -0.15) is 5.10 Å². The Hall–Kier alpha value is -1.47. The van der Waals surface area contributed by atoms with Gasteiger partial charge in [-0.15, -0.1) is 11.3 Å². The van der Waals surface area contributed by atoms with E-state index < -0.39 is 0 Å². The van der Waals surface area contributed by atoms with Crippen LogP contribution >= 0.6 is 23.6 Å². The van der Waals surface area contributed by atoms with Gasteiger partial charge in [-0.1, -0.05) is 6.07 Å². The van der Waals surface area contributed by atoms with E-state index in [-0.39, 0.29) is 5.91 Å². The van der Waals surface area contributed by atoms with Crippen LogP contribution in [0.1, 0.15) is 55.8 Å². The Balaban J connectivity index is 1.56. The number of nitrogens with zero attached hydrogens (tertiary/aromatic N) is 3. The molecule has 0 radical (unpaired) electrons. The molecule has 1 saturated heterocycles. The number of thiophene rings is 1. The SMILES string of the molecule is CC(C)n1c(C2CCN(C(=O)CCc3cccs3)CC2)n[nH]c1=S. The number of aromatic amines is 1. The molecule has 1 aliphatic heterocycles. The fourth-order valence-electron chi connectivity index (χ4n) is 3.33. The van der Waals surface area contributed by atoms with Gasteiger partial charge >= 0.3 is 0 Å². The summed E-state index contributed by atoms with van der Waals surface area (Å²) in [4.78, 5) is 15.7. The summed E-state index contributed by atoms with van der Waals surface area (Å²) in [6, 6.07) is 4.44. The van der Waals surface area contributed by atoms with Crippen molar-refractivity contribution in [2.24, 2.45) is 0 Å². The lowest BCUT2D eigenvalue weighted by atomic mass is 9.95. The molecule has 0 aliphatic carbocycles. The van der Waals surface area contributed by atoms with Crippen molar-refractivity contribution < 1.29 is 4.79 Å². The summed E-state index contributed by atoms with van der Waals surface area (Å²) in [5.74, 6) is 1.69. The number of carbonyl (C=O) groups is 1. The number of aromatic nitrogens is 3. The Labute approximate surface area is 151 Å². The predicted octanol–water partition coefficient (Wildman–Crippen LogP) is 3.92. The highest BCUT2D eigenvalue weighted by Crippen LogP contribution is 2.28. The molecule has 5 nitrogen and oxygen atoms in total. The van der Waals surface area contributed by atoms with Gasteiger partial charge in [0.15, 0.2) is 4.77 Å². The lowest BCUT2D eigenvalue weighted by Crippen LogP contribution is -2.38. The second-order valence-electron chi connectivity index (χ2n) is 6.59. The number of carbonyl (C=O) groups excluding carboxylic acids is 1. The van der Waals surface area contributed by atoms with Crippen LogP contribution in [0.15, 0.2) is 17.5 Å². The van der Waals surface area contributed by atoms with Crippen LogP contribution < -0.4 is 0 Å². The normalized spacial score (nSPS) is 16.0. The molecule has 0 atom stereocenters. The van der Waals surface area contributed by atoms with Crippen molar-refractivity contribution in [1.82, 2.24) is 19.7 Å². The van der Waals surface area contributed by atoms with Crippen molar-refractivity contribution in [3.63, 3.8) is 0 Å². The maximum absolute atomic E-state index is 12.4. The van der Waals surface area contributed by atoms with E-state index in [2.05, 4.69) is 40.1 Å². The first-order chi connectivity index (χ1) is 11.6. The van der Waals surface area contributed by atoms with Gasteiger partial charge < -0.3 is 9.47 Å². The van der Waals surface area contributed by atoms with Crippen LogP contribution in [0.5, 0.6) is 0 Å². The molecule has 130 valence electrons. The molecule has 7 heteroatoms. The summed E-state index contributed by atoms with van der Waals surface area (Å²) >= 11 is 7.06. The van der Waals surface area contributed by atoms with Crippen LogP contribution in [0, 0.1) is 4.77 Å². The number of H-pyrrole nitrogens is 1. The fourth-order valence-corrected chi connectivity index (χ4v) is 4.39. The molecule has 1 fully saturated rings. The lowest BCUT2D eigenvalue weighted by Gasteiger charge is -2.32. The van der Waals surface area contributed by atoms with Crippen LogP contribution in [0.25, 0.3) is 0 Å². The second kappa shape index (κ2) is 7.61. The van der Waals surface area contributed by atoms with E-state index in [1.807, 2.05) is 11.0 Å². The minimum atomic E-state index is 0.268. The summed E-state index contributed by atoms with van der Waals surface area (Å²) in [5.41, 5.74) is 0. The van der Waals surface area contributed by atoms with Gasteiger partial charge in [-0.05, 0) is 56.8 Å². The van der Waals surface area contributed by atoms with E-state index >= 15 is 0 Å². The minimum absolute atomic E-state index is 0.268. The molecule has 2 aromatic rings. The van der Waals surface area contributed by atoms with Crippen molar-refractivity contribution in [2.45, 2.75) is 51.5 Å². The number of hydrogen-bond acceptors (Lipinski definition) is 4. The number of hydrogen-bond donors (Lipinski definition) is 1. The molecule has 3 heterocycles. The zero-order valence-corrected chi connectivity index (χ0v) is 15.8. The van der Waals surface area contributed by atoms with Crippen LogP contribution in [-0.2, 0) is 11.2 Å². The molecule has 1 aliphatic rings. The molecule has 1 N–H and O–H groups in total. The Kier molecular flexibility index (Phi) is 5.50. The van der Waals surface area contributed by atoms with Gasteiger partial charge in [0, 0.05) is 36.3 Å². The summed E-state index contributed by atoms with van der Waals surface area (Å²) in [5, 5.41) is 9.43. The molecule has 0 saturated carbocycles. The maximum Gasteiger partial charge on any atom is 0.222 e. The molecular formula is C17H24N4OS2. The van der Waals surface area contributed by atoms with E-state index in [0.717, 1.165) is 38.2 Å². The van der Waals surface area contributed by atoms with Crippen molar-refractivity contribution >= 4 is 29.5 Å². The first-order valence-electron chi connectivity index (χ1n) is 8.53. The predicted molar refractivity (Wildman–Crippen MR) is 99.0 cm³/mol. The number of rotatable bonds is 5. The number of nitrogens with one attached hydrogen (secondary N) is 1. The molecule has 0 aromatic carbocycles. The highest BCUT2D eigenvalue weighted by atomic mass is 32.1. The average molecular weight is 365 g/mol. The van der Waals surface area contributed by atoms with Crippen LogP contribution in [-0.4, -0.2) is 38.7 Å². The monoisotopic (exact) mass is 364 g/mol. The Morgan fingerprint density at radius 1 is 1.46 bits per heavy atom. The highest BCUT2D eigenvalue weighted by molar-refractivity contribution is 7.71. The van der Waals surface area contributed by atoms with Gasteiger partial charge in [-0.25, -0.2) is 0 Å². The number of amides is 1. The van der Waals surface area contributed by atoms with Crippen LogP contribution in [0.3, 0.4) is 0 Å². The first kappa shape index (κ1) is 17.4. The Morgan fingerprint density at radius 2 is 2.21 bits per heavy atom. The molecule has 3 rings (SSSR count). The van der Waals surface area contributed by atoms with Crippen molar-refractivity contribution in [3.05, 3.63) is 33.0 Å². The van der Waals surface area contributed by atoms with Gasteiger partial charge in [0.1, 0.15) is 5.82 Å². The topological polar surface area (TPSA) is 53.9 Å². The van der Waals surface area contributed by atoms with Gasteiger partial charge in [0.25, 0.3) is 0 Å². The zero-order valence-electron chi connectivity index (χ0n) is 14.2. The minimum Gasteiger partial charge on any atom is -0.343 e. The van der Waals surface area contributed by atoms with E-state index in [9.17, 15) is 4.79 Å². The Bertz CT molecular complexity index is 724. The standard InChI is InChI=1S/C17H24N4OS2/c1-12(2)21-16(18-19-17(21)23)13-7-9-20(10-8-13)15(22)6-5-14-4-3-11-24-14/h3-4,11-13H,5-10H2,1-2H3,(H,19,23). The van der Waals surface area contributed by atoms with Gasteiger partial charge in [0.2, 0.25) is 5.91 Å². The quantitative estimate of drug-likeness (QED) is 0.818. The third-order valence-electron chi connectivity index (χ3n) is 4.63. The van der Waals surface area contributed by atoms with Gasteiger partial charge in [0.05, 0.1) is 0 Å². The van der Waals surface area contributed by atoms with Crippen LogP contribution in [0.4, 0.5) is 0 Å². The summed E-state index contributed by atoms with van der Waals surface area (Å²) in [6.45, 7) is 5.87. The molecule has 1 amide bonds.